The summed E-state index contributed by atoms with van der Waals surface area (Å²) in [5.74, 6) is 3.48. The number of ether oxygens (including phenoxy) is 1. The van der Waals surface area contributed by atoms with E-state index in [1.165, 1.54) is 57.3 Å². The normalized spacial score (nSPS) is 12.9. The van der Waals surface area contributed by atoms with Gasteiger partial charge in [-0.2, -0.15) is 0 Å². The molecule has 0 N–H and O–H groups in total. The van der Waals surface area contributed by atoms with Crippen LogP contribution in [-0.2, 0) is 4.74 Å². The fourth-order valence-electron chi connectivity index (χ4n) is 7.44. The van der Waals surface area contributed by atoms with E-state index in [1.54, 1.807) is 12.7 Å². The summed E-state index contributed by atoms with van der Waals surface area (Å²) in [6.45, 7) is 37.6. The van der Waals surface area contributed by atoms with Gasteiger partial charge in [0.2, 0.25) is 0 Å². The molecule has 1 aliphatic heterocycles. The summed E-state index contributed by atoms with van der Waals surface area (Å²) in [6.07, 6.45) is 6.08. The van der Waals surface area contributed by atoms with Crippen molar-refractivity contribution in [1.82, 2.24) is 0 Å². The first-order chi connectivity index (χ1) is 28.0. The number of nitrogens with zero attached hydrogens (tertiary/aromatic N) is 4. The standard InChI is InChI=1S/2C25H35N2.C4H8O.Ca/c2*1-16(2)20-11-9-12-21(17(3)4)24(20)26-15-27-25-22(18(5)6)13-10-14-23(25)19(7)8;1-2-4-5-3-1;/h2*9-19H,1-8H3;1-4H2;/q2*-1;;+2. The van der Waals surface area contributed by atoms with E-state index in [0.717, 1.165) is 36.0 Å². The molecular formula is C54H78CaN4O. The van der Waals surface area contributed by atoms with E-state index in [2.05, 4.69) is 184 Å². The van der Waals surface area contributed by atoms with Gasteiger partial charge in [-0.1, -0.05) is 196 Å². The van der Waals surface area contributed by atoms with Crippen LogP contribution in [0, 0.1) is 0 Å². The molecule has 0 unspecified atom stereocenters. The minimum atomic E-state index is 0. The molecule has 1 aliphatic rings. The van der Waals surface area contributed by atoms with E-state index in [1.807, 2.05) is 0 Å². The van der Waals surface area contributed by atoms with E-state index in [0.29, 0.717) is 47.3 Å². The van der Waals surface area contributed by atoms with Crippen LogP contribution >= 0.6 is 0 Å². The Morgan fingerprint density at radius 2 is 0.600 bits per heavy atom. The number of benzene rings is 4. The third-order valence-corrected chi connectivity index (χ3v) is 10.9. The van der Waals surface area contributed by atoms with E-state index >= 15 is 0 Å². The predicted octanol–water partition coefficient (Wildman–Crippen LogP) is 17.5. The largest absolute Gasteiger partial charge is 2.00 e. The monoisotopic (exact) mass is 839 g/mol. The Morgan fingerprint density at radius 1 is 0.383 bits per heavy atom. The molecule has 0 saturated carbocycles. The molecule has 0 aliphatic carbocycles. The maximum atomic E-state index is 4.94. The molecule has 0 radical (unpaired) electrons. The molecule has 1 saturated heterocycles. The Morgan fingerprint density at radius 3 is 0.783 bits per heavy atom. The van der Waals surface area contributed by atoms with Gasteiger partial charge in [0.1, 0.15) is 0 Å². The average Bonchev–Trinajstić information content (AvgIpc) is 3.78. The molecule has 0 amide bonds. The average molecular weight is 839 g/mol. The first-order valence-corrected chi connectivity index (χ1v) is 22.5. The number of rotatable bonds is 14. The molecule has 0 atom stereocenters. The summed E-state index contributed by atoms with van der Waals surface area (Å²) in [5.41, 5.74) is 14.6. The summed E-state index contributed by atoms with van der Waals surface area (Å²) < 4.78 is 4.94. The summed E-state index contributed by atoms with van der Waals surface area (Å²) in [4.78, 5) is 9.71. The molecular weight excluding hydrogens is 761 g/mol. The first kappa shape index (κ1) is 53.2. The van der Waals surface area contributed by atoms with E-state index in [4.69, 9.17) is 25.4 Å². The SMILES string of the molecule is C1CCOC1.CC(C)c1cccc(C(C)C)c1N=C[N-]c1c(C(C)C)cccc1C(C)C.CC(C)c1cccc(C(C)C)c1N=C[N-]c1c(C(C)C)cccc1C(C)C.[Ca+2]. The van der Waals surface area contributed by atoms with Gasteiger partial charge in [0.15, 0.2) is 0 Å². The van der Waals surface area contributed by atoms with Crippen LogP contribution in [0.5, 0.6) is 0 Å². The second-order valence-electron chi connectivity index (χ2n) is 18.4. The van der Waals surface area contributed by atoms with Gasteiger partial charge in [-0.3, -0.25) is 0 Å². The molecule has 1 fully saturated rings. The molecule has 5 rings (SSSR count). The van der Waals surface area contributed by atoms with Crippen LogP contribution in [0.4, 0.5) is 22.7 Å². The quantitative estimate of drug-likeness (QED) is 0.0709. The molecule has 4 aromatic carbocycles. The van der Waals surface area contributed by atoms with Crippen LogP contribution in [0.1, 0.15) is 215 Å². The zero-order valence-electron chi connectivity index (χ0n) is 40.4. The molecule has 6 heteroatoms. The molecule has 322 valence electrons. The van der Waals surface area contributed by atoms with Gasteiger partial charge in [0, 0.05) is 13.2 Å². The number of hydrogen-bond donors (Lipinski definition) is 0. The summed E-state index contributed by atoms with van der Waals surface area (Å²) in [6, 6.07) is 26.1. The van der Waals surface area contributed by atoms with Crippen LogP contribution < -0.4 is 0 Å². The molecule has 1 heterocycles. The van der Waals surface area contributed by atoms with Crippen molar-refractivity contribution in [2.24, 2.45) is 9.98 Å². The molecule has 4 aromatic rings. The van der Waals surface area contributed by atoms with Gasteiger partial charge in [-0.05, 0) is 127 Å². The fourth-order valence-corrected chi connectivity index (χ4v) is 7.44. The zero-order chi connectivity index (χ0) is 43.8. The maximum Gasteiger partial charge on any atom is 2.00 e. The van der Waals surface area contributed by atoms with Gasteiger partial charge >= 0.3 is 37.7 Å². The number of hydrogen-bond acceptors (Lipinski definition) is 3. The van der Waals surface area contributed by atoms with Gasteiger partial charge < -0.3 is 25.4 Å². The zero-order valence-corrected chi connectivity index (χ0v) is 42.6. The third-order valence-electron chi connectivity index (χ3n) is 10.9. The number of aliphatic imine (C=N–C) groups is 2. The first-order valence-electron chi connectivity index (χ1n) is 22.5. The van der Waals surface area contributed by atoms with E-state index in [-0.39, 0.29) is 37.7 Å². The van der Waals surface area contributed by atoms with Crippen molar-refractivity contribution in [1.29, 1.82) is 0 Å². The topological polar surface area (TPSA) is 62.1 Å². The van der Waals surface area contributed by atoms with Crippen molar-refractivity contribution in [3.63, 3.8) is 0 Å². The Labute approximate surface area is 397 Å². The predicted molar refractivity (Wildman–Crippen MR) is 267 cm³/mol. The smallest absolute Gasteiger partial charge is 0.443 e. The Kier molecular flexibility index (Phi) is 23.5. The van der Waals surface area contributed by atoms with Crippen LogP contribution in [-0.4, -0.2) is 63.6 Å². The van der Waals surface area contributed by atoms with E-state index < -0.39 is 0 Å². The van der Waals surface area contributed by atoms with Crippen LogP contribution in [0.25, 0.3) is 10.6 Å². The Hall–Kier alpha value is -2.96. The van der Waals surface area contributed by atoms with Crippen molar-refractivity contribution in [3.8, 4) is 0 Å². The Bertz CT molecular complexity index is 1680. The maximum absolute atomic E-state index is 4.94. The molecule has 0 aromatic heterocycles. The van der Waals surface area contributed by atoms with Crippen molar-refractivity contribution < 1.29 is 4.74 Å². The van der Waals surface area contributed by atoms with Crippen LogP contribution in [0.15, 0.2) is 82.8 Å². The van der Waals surface area contributed by atoms with Gasteiger partial charge in [0.25, 0.3) is 0 Å². The summed E-state index contributed by atoms with van der Waals surface area (Å²) >= 11 is 0. The number of para-hydroxylation sites is 4. The molecule has 0 bridgehead atoms. The fraction of sp³-hybridized carbons (Fsp3) is 0.519. The minimum absolute atomic E-state index is 0. The molecule has 5 nitrogen and oxygen atoms in total. The van der Waals surface area contributed by atoms with Crippen LogP contribution in [0.3, 0.4) is 0 Å². The van der Waals surface area contributed by atoms with Crippen molar-refractivity contribution in [2.45, 2.75) is 171 Å². The van der Waals surface area contributed by atoms with Gasteiger partial charge in [-0.25, -0.2) is 0 Å². The molecule has 60 heavy (non-hydrogen) atoms. The summed E-state index contributed by atoms with van der Waals surface area (Å²) in [5, 5.41) is 9.71. The van der Waals surface area contributed by atoms with E-state index in [9.17, 15) is 0 Å². The molecule has 0 spiro atoms. The van der Waals surface area contributed by atoms with Crippen molar-refractivity contribution in [2.75, 3.05) is 13.2 Å². The third kappa shape index (κ3) is 15.4. The Balaban J connectivity index is 0.000000364. The van der Waals surface area contributed by atoms with Gasteiger partial charge in [0.05, 0.1) is 0 Å². The minimum Gasteiger partial charge on any atom is -0.443 e. The van der Waals surface area contributed by atoms with Crippen molar-refractivity contribution >= 4 is 73.2 Å². The summed E-state index contributed by atoms with van der Waals surface area (Å²) in [7, 11) is 0. The van der Waals surface area contributed by atoms with Crippen molar-refractivity contribution in [3.05, 3.63) is 128 Å². The van der Waals surface area contributed by atoms with Gasteiger partial charge in [-0.15, -0.1) is 0 Å². The second kappa shape index (κ2) is 26.5. The second-order valence-corrected chi connectivity index (χ2v) is 18.4. The van der Waals surface area contributed by atoms with Crippen LogP contribution in [0.2, 0.25) is 0 Å².